The van der Waals surface area contributed by atoms with Crippen molar-refractivity contribution in [2.75, 3.05) is 19.9 Å². The Balaban J connectivity index is 1.53. The van der Waals surface area contributed by atoms with E-state index in [1.54, 1.807) is 12.1 Å². The van der Waals surface area contributed by atoms with E-state index in [0.29, 0.717) is 23.6 Å². The van der Waals surface area contributed by atoms with Crippen LogP contribution in [0.3, 0.4) is 0 Å². The van der Waals surface area contributed by atoms with Crippen LogP contribution in [0.25, 0.3) is 0 Å². The lowest BCUT2D eigenvalue weighted by Gasteiger charge is -2.32. The number of hydrogen-bond donors (Lipinski definition) is 0. The summed E-state index contributed by atoms with van der Waals surface area (Å²) in [7, 11) is 2.02. The molecule has 1 atom stereocenters. The monoisotopic (exact) mass is 327 g/mol. The summed E-state index contributed by atoms with van der Waals surface area (Å²) >= 11 is 0. The van der Waals surface area contributed by atoms with Crippen LogP contribution in [0.1, 0.15) is 40.6 Å². The van der Waals surface area contributed by atoms with Gasteiger partial charge in [-0.1, -0.05) is 0 Å². The van der Waals surface area contributed by atoms with E-state index in [9.17, 15) is 4.79 Å². The number of piperidine rings is 1. The summed E-state index contributed by atoms with van der Waals surface area (Å²) in [6, 6.07) is 5.39. The van der Waals surface area contributed by atoms with Crippen molar-refractivity contribution in [1.29, 1.82) is 0 Å². The van der Waals surface area contributed by atoms with Crippen molar-refractivity contribution in [2.24, 2.45) is 7.05 Å². The van der Waals surface area contributed by atoms with Crippen molar-refractivity contribution in [3.05, 3.63) is 41.5 Å². The third-order valence-corrected chi connectivity index (χ3v) is 4.73. The van der Waals surface area contributed by atoms with E-state index < -0.39 is 0 Å². The zero-order valence-electron chi connectivity index (χ0n) is 14.0. The Morgan fingerprint density at radius 1 is 1.29 bits per heavy atom. The predicted molar refractivity (Wildman–Crippen MR) is 88.4 cm³/mol. The molecule has 3 heterocycles. The van der Waals surface area contributed by atoms with Gasteiger partial charge in [0.15, 0.2) is 11.5 Å². The highest BCUT2D eigenvalue weighted by Gasteiger charge is 2.28. The maximum absolute atomic E-state index is 12.9. The summed E-state index contributed by atoms with van der Waals surface area (Å²) < 4.78 is 12.8. The number of carbonyl (C=O) groups excluding carboxylic acids is 1. The summed E-state index contributed by atoms with van der Waals surface area (Å²) in [4.78, 5) is 19.4. The second kappa shape index (κ2) is 5.85. The lowest BCUT2D eigenvalue weighted by atomic mass is 9.96. The summed E-state index contributed by atoms with van der Waals surface area (Å²) in [6.45, 7) is 3.71. The SMILES string of the molecule is Cc1cn(C)c([C@@H]2CCCN(C(=O)c3ccc4c(c3)OCO4)C2)n1. The lowest BCUT2D eigenvalue weighted by molar-refractivity contribution is 0.0703. The fraction of sp³-hybridized carbons (Fsp3) is 0.444. The number of ether oxygens (including phenoxy) is 2. The van der Waals surface area contributed by atoms with Crippen molar-refractivity contribution in [3.8, 4) is 11.5 Å². The first kappa shape index (κ1) is 15.1. The minimum absolute atomic E-state index is 0.0453. The van der Waals surface area contributed by atoms with E-state index in [2.05, 4.69) is 9.55 Å². The molecule has 6 heteroatoms. The molecule has 1 aromatic carbocycles. The molecule has 126 valence electrons. The van der Waals surface area contributed by atoms with Gasteiger partial charge < -0.3 is 18.9 Å². The third-order valence-electron chi connectivity index (χ3n) is 4.73. The number of aryl methyl sites for hydroxylation is 2. The van der Waals surface area contributed by atoms with Gasteiger partial charge in [0.25, 0.3) is 5.91 Å². The van der Waals surface area contributed by atoms with E-state index in [1.807, 2.05) is 31.1 Å². The zero-order chi connectivity index (χ0) is 16.7. The molecule has 2 aromatic rings. The number of fused-ring (bicyclic) bond motifs is 1. The largest absolute Gasteiger partial charge is 0.454 e. The molecule has 1 aromatic heterocycles. The van der Waals surface area contributed by atoms with Crippen LogP contribution in [0, 0.1) is 6.92 Å². The number of likely N-dealkylation sites (tertiary alicyclic amines) is 1. The van der Waals surface area contributed by atoms with Crippen LogP contribution in [0.5, 0.6) is 11.5 Å². The molecule has 0 aliphatic carbocycles. The highest BCUT2D eigenvalue weighted by molar-refractivity contribution is 5.95. The molecule has 0 saturated carbocycles. The van der Waals surface area contributed by atoms with Crippen molar-refractivity contribution >= 4 is 5.91 Å². The normalized spacial score (nSPS) is 19.6. The van der Waals surface area contributed by atoms with Crippen LogP contribution < -0.4 is 9.47 Å². The summed E-state index contributed by atoms with van der Waals surface area (Å²) in [5.41, 5.74) is 1.67. The Labute approximate surface area is 141 Å². The van der Waals surface area contributed by atoms with Gasteiger partial charge in [-0.3, -0.25) is 4.79 Å². The summed E-state index contributed by atoms with van der Waals surface area (Å²) in [6.07, 6.45) is 4.09. The second-order valence-electron chi connectivity index (χ2n) is 6.51. The smallest absolute Gasteiger partial charge is 0.254 e. The predicted octanol–water partition coefficient (Wildman–Crippen LogP) is 2.48. The fourth-order valence-electron chi connectivity index (χ4n) is 3.60. The molecule has 1 fully saturated rings. The van der Waals surface area contributed by atoms with Crippen LogP contribution in [-0.4, -0.2) is 40.2 Å². The Kier molecular flexibility index (Phi) is 3.67. The van der Waals surface area contributed by atoms with E-state index in [1.165, 1.54) is 0 Å². The molecule has 1 amide bonds. The van der Waals surface area contributed by atoms with Crippen LogP contribution in [0.15, 0.2) is 24.4 Å². The number of benzene rings is 1. The van der Waals surface area contributed by atoms with Crippen LogP contribution in [0.2, 0.25) is 0 Å². The topological polar surface area (TPSA) is 56.6 Å². The van der Waals surface area contributed by atoms with Crippen LogP contribution in [-0.2, 0) is 7.05 Å². The minimum Gasteiger partial charge on any atom is -0.454 e. The van der Waals surface area contributed by atoms with Gasteiger partial charge in [-0.05, 0) is 38.0 Å². The van der Waals surface area contributed by atoms with Crippen molar-refractivity contribution in [2.45, 2.75) is 25.7 Å². The average Bonchev–Trinajstić information content (AvgIpc) is 3.19. The van der Waals surface area contributed by atoms with Crippen molar-refractivity contribution < 1.29 is 14.3 Å². The van der Waals surface area contributed by atoms with E-state index in [0.717, 1.165) is 30.9 Å². The maximum atomic E-state index is 12.9. The van der Waals surface area contributed by atoms with Crippen molar-refractivity contribution in [1.82, 2.24) is 14.5 Å². The molecule has 0 unspecified atom stereocenters. The molecule has 1 saturated heterocycles. The van der Waals surface area contributed by atoms with E-state index >= 15 is 0 Å². The van der Waals surface area contributed by atoms with Crippen LogP contribution in [0.4, 0.5) is 0 Å². The number of imidazole rings is 1. The molecule has 0 bridgehead atoms. The van der Waals surface area contributed by atoms with Gasteiger partial charge in [0, 0.05) is 37.8 Å². The molecule has 0 spiro atoms. The highest BCUT2D eigenvalue weighted by atomic mass is 16.7. The first-order valence-corrected chi connectivity index (χ1v) is 8.30. The highest BCUT2D eigenvalue weighted by Crippen LogP contribution is 2.33. The minimum atomic E-state index is 0.0453. The van der Waals surface area contributed by atoms with E-state index in [4.69, 9.17) is 9.47 Å². The van der Waals surface area contributed by atoms with Gasteiger partial charge in [-0.2, -0.15) is 0 Å². The molecule has 0 radical (unpaired) electrons. The molecule has 4 rings (SSSR count). The number of nitrogens with zero attached hydrogens (tertiary/aromatic N) is 3. The first-order chi connectivity index (χ1) is 11.6. The third kappa shape index (κ3) is 2.62. The zero-order valence-corrected chi connectivity index (χ0v) is 14.0. The molecule has 0 N–H and O–H groups in total. The molecular formula is C18H21N3O3. The maximum Gasteiger partial charge on any atom is 0.254 e. The van der Waals surface area contributed by atoms with Gasteiger partial charge in [0.05, 0.1) is 5.69 Å². The van der Waals surface area contributed by atoms with Crippen LogP contribution >= 0.6 is 0 Å². The number of hydrogen-bond acceptors (Lipinski definition) is 4. The Hall–Kier alpha value is -2.50. The lowest BCUT2D eigenvalue weighted by Crippen LogP contribution is -2.39. The van der Waals surface area contributed by atoms with E-state index in [-0.39, 0.29) is 18.6 Å². The molecule has 24 heavy (non-hydrogen) atoms. The Bertz CT molecular complexity index is 784. The summed E-state index contributed by atoms with van der Waals surface area (Å²) in [5.74, 6) is 2.75. The van der Waals surface area contributed by atoms with Gasteiger partial charge in [-0.25, -0.2) is 4.98 Å². The number of aromatic nitrogens is 2. The van der Waals surface area contributed by atoms with Gasteiger partial charge in [0.1, 0.15) is 5.82 Å². The molecule has 2 aliphatic rings. The van der Waals surface area contributed by atoms with Gasteiger partial charge in [0.2, 0.25) is 6.79 Å². The van der Waals surface area contributed by atoms with Gasteiger partial charge in [-0.15, -0.1) is 0 Å². The Morgan fingerprint density at radius 2 is 2.12 bits per heavy atom. The summed E-state index contributed by atoms with van der Waals surface area (Å²) in [5, 5.41) is 0. The average molecular weight is 327 g/mol. The number of carbonyl (C=O) groups is 1. The number of rotatable bonds is 2. The fourth-order valence-corrected chi connectivity index (χ4v) is 3.60. The second-order valence-corrected chi connectivity index (χ2v) is 6.51. The first-order valence-electron chi connectivity index (χ1n) is 8.30. The van der Waals surface area contributed by atoms with Gasteiger partial charge >= 0.3 is 0 Å². The standard InChI is InChI=1S/C18H21N3O3/c1-12-9-20(2)17(19-12)14-4-3-7-21(10-14)18(22)13-5-6-15-16(8-13)24-11-23-15/h5-6,8-9,14H,3-4,7,10-11H2,1-2H3/t14-/m1/s1. The molecule has 6 nitrogen and oxygen atoms in total. The molecule has 2 aliphatic heterocycles. The Morgan fingerprint density at radius 3 is 2.92 bits per heavy atom. The number of amides is 1. The molecular weight excluding hydrogens is 306 g/mol. The van der Waals surface area contributed by atoms with Crippen molar-refractivity contribution in [3.63, 3.8) is 0 Å². The quantitative estimate of drug-likeness (QED) is 0.850.